The third-order valence-electron chi connectivity index (χ3n) is 1.87. The van der Waals surface area contributed by atoms with E-state index in [9.17, 15) is 18.4 Å². The van der Waals surface area contributed by atoms with Crippen LogP contribution in [-0.2, 0) is 11.2 Å². The number of rotatable bonds is 4. The van der Waals surface area contributed by atoms with Crippen molar-refractivity contribution < 1.29 is 23.4 Å². The Bertz CT molecular complexity index is 455. The fourth-order valence-corrected chi connectivity index (χ4v) is 1.23. The molecule has 2 N–H and O–H groups in total. The molecule has 0 bridgehead atoms. The van der Waals surface area contributed by atoms with Gasteiger partial charge in [-0.25, -0.2) is 8.78 Å². The molecule has 0 spiro atoms. The van der Waals surface area contributed by atoms with Gasteiger partial charge in [-0.3, -0.25) is 9.59 Å². The van der Waals surface area contributed by atoms with Gasteiger partial charge in [-0.1, -0.05) is 0 Å². The zero-order valence-corrected chi connectivity index (χ0v) is 8.29. The fourth-order valence-electron chi connectivity index (χ4n) is 1.23. The molecule has 5 nitrogen and oxygen atoms in total. The summed E-state index contributed by atoms with van der Waals surface area (Å²) < 4.78 is 29.5. The normalized spacial score (nSPS) is 10.5. The number of carbonyl (C=O) groups is 1. The van der Waals surface area contributed by atoms with Crippen molar-refractivity contribution in [1.29, 1.82) is 0 Å². The second kappa shape index (κ2) is 4.73. The topological polar surface area (TPSA) is 79.4 Å². The van der Waals surface area contributed by atoms with Crippen LogP contribution >= 0.6 is 0 Å². The predicted molar refractivity (Wildman–Crippen MR) is 49.9 cm³/mol. The number of halogens is 2. The molecule has 1 heterocycles. The summed E-state index contributed by atoms with van der Waals surface area (Å²) in [6.45, 7) is 0. The average molecular weight is 233 g/mol. The van der Waals surface area contributed by atoms with Crippen molar-refractivity contribution in [2.45, 2.75) is 12.8 Å². The minimum absolute atomic E-state index is 0.0127. The van der Waals surface area contributed by atoms with E-state index in [0.29, 0.717) is 0 Å². The van der Waals surface area contributed by atoms with Gasteiger partial charge in [0.25, 0.3) is 12.0 Å². The van der Waals surface area contributed by atoms with Crippen LogP contribution in [0.5, 0.6) is 5.75 Å². The van der Waals surface area contributed by atoms with E-state index < -0.39 is 29.9 Å². The molecule has 0 aliphatic rings. The number of H-pyrrole nitrogens is 1. The van der Waals surface area contributed by atoms with Crippen molar-refractivity contribution in [3.05, 3.63) is 27.7 Å². The average Bonchev–Trinajstić information content (AvgIpc) is 2.14. The SMILES string of the molecule is COc1cc(CC(=O)O)[nH]c(=O)c1C(F)F. The molecule has 7 heteroatoms. The number of aromatic nitrogens is 1. The minimum atomic E-state index is -2.97. The maximum atomic E-state index is 12.5. The van der Waals surface area contributed by atoms with E-state index in [1.807, 2.05) is 0 Å². The Morgan fingerprint density at radius 1 is 1.62 bits per heavy atom. The molecule has 1 aromatic rings. The molecule has 0 aliphatic heterocycles. The van der Waals surface area contributed by atoms with Crippen LogP contribution in [0.15, 0.2) is 10.9 Å². The van der Waals surface area contributed by atoms with Crippen LogP contribution in [0, 0.1) is 0 Å². The van der Waals surface area contributed by atoms with Crippen LogP contribution in [0.1, 0.15) is 17.7 Å². The molecule has 0 aromatic carbocycles. The van der Waals surface area contributed by atoms with Gasteiger partial charge in [0.15, 0.2) is 0 Å². The third-order valence-corrected chi connectivity index (χ3v) is 1.87. The Labute approximate surface area is 88.7 Å². The van der Waals surface area contributed by atoms with Crippen LogP contribution in [0.2, 0.25) is 0 Å². The second-order valence-electron chi connectivity index (χ2n) is 2.98. The maximum Gasteiger partial charge on any atom is 0.309 e. The molecule has 0 atom stereocenters. The number of alkyl halides is 2. The summed E-state index contributed by atoms with van der Waals surface area (Å²) in [5.74, 6) is -1.49. The van der Waals surface area contributed by atoms with Crippen molar-refractivity contribution >= 4 is 5.97 Å². The van der Waals surface area contributed by atoms with Gasteiger partial charge in [0.1, 0.15) is 11.3 Å². The van der Waals surface area contributed by atoms with Crippen LogP contribution in [-0.4, -0.2) is 23.2 Å². The minimum Gasteiger partial charge on any atom is -0.496 e. The first-order chi connectivity index (χ1) is 7.45. The maximum absolute atomic E-state index is 12.5. The van der Waals surface area contributed by atoms with Crippen molar-refractivity contribution in [3.8, 4) is 5.75 Å². The van der Waals surface area contributed by atoms with Crippen LogP contribution in [0.4, 0.5) is 8.78 Å². The summed E-state index contributed by atoms with van der Waals surface area (Å²) in [5.41, 5.74) is -1.82. The Kier molecular flexibility index (Phi) is 3.60. The highest BCUT2D eigenvalue weighted by molar-refractivity contribution is 5.69. The first-order valence-electron chi connectivity index (χ1n) is 4.25. The van der Waals surface area contributed by atoms with E-state index in [2.05, 4.69) is 9.72 Å². The number of pyridine rings is 1. The molecule has 0 amide bonds. The highest BCUT2D eigenvalue weighted by Crippen LogP contribution is 2.25. The molecule has 0 fully saturated rings. The van der Waals surface area contributed by atoms with E-state index in [1.165, 1.54) is 0 Å². The van der Waals surface area contributed by atoms with Gasteiger partial charge in [0, 0.05) is 11.8 Å². The summed E-state index contributed by atoms with van der Waals surface area (Å²) >= 11 is 0. The number of carboxylic acids is 1. The van der Waals surface area contributed by atoms with E-state index >= 15 is 0 Å². The Morgan fingerprint density at radius 2 is 2.25 bits per heavy atom. The molecule has 1 rings (SSSR count). The van der Waals surface area contributed by atoms with E-state index in [4.69, 9.17) is 5.11 Å². The first kappa shape index (κ1) is 12.2. The molecule has 16 heavy (non-hydrogen) atoms. The van der Waals surface area contributed by atoms with Crippen LogP contribution in [0.3, 0.4) is 0 Å². The lowest BCUT2D eigenvalue weighted by Gasteiger charge is -2.08. The summed E-state index contributed by atoms with van der Waals surface area (Å²) in [4.78, 5) is 23.7. The van der Waals surface area contributed by atoms with Gasteiger partial charge in [-0.2, -0.15) is 0 Å². The third kappa shape index (κ3) is 2.56. The van der Waals surface area contributed by atoms with Gasteiger partial charge in [-0.15, -0.1) is 0 Å². The van der Waals surface area contributed by atoms with Crippen molar-refractivity contribution in [1.82, 2.24) is 4.98 Å². The predicted octanol–water partition coefficient (Wildman–Crippen LogP) is 0.948. The molecule has 0 unspecified atom stereocenters. The Balaban J connectivity index is 3.26. The van der Waals surface area contributed by atoms with Gasteiger partial charge < -0.3 is 14.8 Å². The smallest absolute Gasteiger partial charge is 0.309 e. The van der Waals surface area contributed by atoms with Crippen molar-refractivity contribution in [2.24, 2.45) is 0 Å². The molecule has 0 aliphatic carbocycles. The Morgan fingerprint density at radius 3 is 2.69 bits per heavy atom. The van der Waals surface area contributed by atoms with Crippen molar-refractivity contribution in [2.75, 3.05) is 7.11 Å². The summed E-state index contributed by atoms with van der Waals surface area (Å²) in [6, 6.07) is 1.08. The van der Waals surface area contributed by atoms with E-state index in [0.717, 1.165) is 13.2 Å². The van der Waals surface area contributed by atoms with E-state index in [-0.39, 0.29) is 11.4 Å². The molecule has 0 radical (unpaired) electrons. The molecular weight excluding hydrogens is 224 g/mol. The van der Waals surface area contributed by atoms with Crippen LogP contribution < -0.4 is 10.3 Å². The summed E-state index contributed by atoms with van der Waals surface area (Å²) in [6.07, 6.45) is -3.44. The molecule has 88 valence electrons. The number of aliphatic carboxylic acids is 1. The zero-order chi connectivity index (χ0) is 12.3. The number of hydrogen-bond donors (Lipinski definition) is 2. The quantitative estimate of drug-likeness (QED) is 0.811. The second-order valence-corrected chi connectivity index (χ2v) is 2.98. The number of nitrogens with one attached hydrogen (secondary N) is 1. The van der Waals surface area contributed by atoms with Crippen LogP contribution in [0.25, 0.3) is 0 Å². The van der Waals surface area contributed by atoms with Gasteiger partial charge in [0.2, 0.25) is 0 Å². The molecule has 0 saturated heterocycles. The van der Waals surface area contributed by atoms with Gasteiger partial charge in [-0.05, 0) is 0 Å². The summed E-state index contributed by atoms with van der Waals surface area (Å²) in [5, 5.41) is 8.49. The lowest BCUT2D eigenvalue weighted by atomic mass is 10.2. The molecule has 0 saturated carbocycles. The number of methoxy groups -OCH3 is 1. The Hall–Kier alpha value is -1.92. The lowest BCUT2D eigenvalue weighted by Crippen LogP contribution is -2.18. The van der Waals surface area contributed by atoms with E-state index in [1.54, 1.807) is 0 Å². The fraction of sp³-hybridized carbons (Fsp3) is 0.333. The standard InChI is InChI=1S/C9H9F2NO4/c1-16-5-2-4(3-6(13)14)12-9(15)7(5)8(10)11/h2,8H,3H2,1H3,(H,12,15)(H,13,14). The molecule has 1 aromatic heterocycles. The number of ether oxygens (including phenoxy) is 1. The number of hydrogen-bond acceptors (Lipinski definition) is 3. The lowest BCUT2D eigenvalue weighted by molar-refractivity contribution is -0.136. The highest BCUT2D eigenvalue weighted by atomic mass is 19.3. The first-order valence-corrected chi connectivity index (χ1v) is 4.25. The zero-order valence-electron chi connectivity index (χ0n) is 8.29. The largest absolute Gasteiger partial charge is 0.496 e. The van der Waals surface area contributed by atoms with Gasteiger partial charge >= 0.3 is 5.97 Å². The number of carboxylic acid groups (broad SMARTS) is 1. The number of aromatic amines is 1. The highest BCUT2D eigenvalue weighted by Gasteiger charge is 2.20. The van der Waals surface area contributed by atoms with Crippen molar-refractivity contribution in [3.63, 3.8) is 0 Å². The summed E-state index contributed by atoms with van der Waals surface area (Å²) in [7, 11) is 1.13. The monoisotopic (exact) mass is 233 g/mol. The molecular formula is C9H9F2NO4. The van der Waals surface area contributed by atoms with Gasteiger partial charge in [0.05, 0.1) is 13.5 Å².